The molecule has 180 valence electrons. The molecule has 3 heterocycles. The number of aromatic nitrogens is 1. The number of amides is 1. The first-order chi connectivity index (χ1) is 16.9. The normalized spacial score (nSPS) is 20.1. The number of hydrogen-bond acceptors (Lipinski definition) is 6. The van der Waals surface area contributed by atoms with Crippen molar-refractivity contribution < 1.29 is 14.3 Å². The van der Waals surface area contributed by atoms with Crippen LogP contribution < -0.4 is 19.9 Å². The lowest BCUT2D eigenvalue weighted by Gasteiger charge is -2.42. The fourth-order valence-corrected chi connectivity index (χ4v) is 5.12. The predicted octanol–water partition coefficient (Wildman–Crippen LogP) is 3.84. The Labute approximate surface area is 209 Å². The molecule has 1 unspecified atom stereocenters. The van der Waals surface area contributed by atoms with E-state index >= 15 is 0 Å². The first-order valence-corrected chi connectivity index (χ1v) is 12.0. The van der Waals surface area contributed by atoms with Crippen LogP contribution in [0.1, 0.15) is 28.4 Å². The number of benzene rings is 2. The van der Waals surface area contributed by atoms with Crippen molar-refractivity contribution in [2.24, 2.45) is 0 Å². The maximum absolute atomic E-state index is 14.3. The van der Waals surface area contributed by atoms with Gasteiger partial charge in [0.05, 0.1) is 30.6 Å². The second-order valence-corrected chi connectivity index (χ2v) is 9.43. The molecule has 2 aromatic carbocycles. The second kappa shape index (κ2) is 9.32. The Balaban J connectivity index is 1.71. The van der Waals surface area contributed by atoms with Crippen molar-refractivity contribution in [2.75, 3.05) is 43.1 Å². The minimum Gasteiger partial charge on any atom is -0.497 e. The summed E-state index contributed by atoms with van der Waals surface area (Å²) in [5, 5.41) is 3.84. The van der Waals surface area contributed by atoms with E-state index in [1.54, 1.807) is 61.7 Å². The number of hydrogen-bond donors (Lipinski definition) is 1. The van der Waals surface area contributed by atoms with Crippen LogP contribution in [0, 0.1) is 0 Å². The molecule has 2 aliphatic rings. The molecule has 0 radical (unpaired) electrons. The molecular weight excluding hydrogens is 464 g/mol. The van der Waals surface area contributed by atoms with Gasteiger partial charge in [-0.05, 0) is 48.4 Å². The van der Waals surface area contributed by atoms with Gasteiger partial charge in [0.25, 0.3) is 0 Å². The van der Waals surface area contributed by atoms with Gasteiger partial charge >= 0.3 is 0 Å². The maximum Gasteiger partial charge on any atom is 0.245 e. The molecule has 1 N–H and O–H groups in total. The lowest BCUT2D eigenvalue weighted by atomic mass is 9.71. The fraction of sp³-hybridized carbons (Fsp3) is 0.296. The number of anilines is 2. The van der Waals surface area contributed by atoms with E-state index < -0.39 is 5.41 Å². The van der Waals surface area contributed by atoms with Crippen LogP contribution in [-0.2, 0) is 16.8 Å². The van der Waals surface area contributed by atoms with E-state index in [1.165, 1.54) is 0 Å². The third-order valence-corrected chi connectivity index (χ3v) is 7.11. The first kappa shape index (κ1) is 23.3. The number of ketones is 1. The van der Waals surface area contributed by atoms with Crippen molar-refractivity contribution in [3.8, 4) is 5.75 Å². The molecule has 0 saturated carbocycles. The van der Waals surface area contributed by atoms with Gasteiger partial charge in [0, 0.05) is 43.6 Å². The molecule has 8 heteroatoms. The van der Waals surface area contributed by atoms with E-state index in [0.29, 0.717) is 27.6 Å². The Hall–Kier alpha value is -3.42. The summed E-state index contributed by atoms with van der Waals surface area (Å²) in [5.74, 6) is 0.141. The molecule has 0 bridgehead atoms. The van der Waals surface area contributed by atoms with E-state index in [4.69, 9.17) is 16.3 Å². The summed E-state index contributed by atoms with van der Waals surface area (Å²) in [7, 11) is 1.59. The summed E-state index contributed by atoms with van der Waals surface area (Å²) in [5.41, 5.74) is 1.91. The maximum atomic E-state index is 14.3. The van der Waals surface area contributed by atoms with E-state index in [-0.39, 0.29) is 18.2 Å². The van der Waals surface area contributed by atoms with E-state index in [2.05, 4.69) is 15.2 Å². The SMILES string of the molecule is COc1ccc(C2(C)C(=O)c3c(N4CCNCC4)cc(Cl)cc3N(Cc3cccnc3)C2=O)cc1. The molecule has 3 aromatic rings. The Morgan fingerprint density at radius 3 is 2.46 bits per heavy atom. The Morgan fingerprint density at radius 1 is 1.09 bits per heavy atom. The fourth-order valence-electron chi connectivity index (χ4n) is 4.92. The summed E-state index contributed by atoms with van der Waals surface area (Å²) in [6.45, 7) is 5.10. The van der Waals surface area contributed by atoms with Crippen LogP contribution in [0.3, 0.4) is 0 Å². The van der Waals surface area contributed by atoms with Crippen LogP contribution in [0.25, 0.3) is 0 Å². The van der Waals surface area contributed by atoms with Crippen molar-refractivity contribution in [1.82, 2.24) is 10.3 Å². The average molecular weight is 491 g/mol. The number of carbonyl (C=O) groups is 2. The van der Waals surface area contributed by atoms with Crippen LogP contribution >= 0.6 is 11.6 Å². The van der Waals surface area contributed by atoms with Crippen LogP contribution in [-0.4, -0.2) is 50.0 Å². The molecule has 1 amide bonds. The number of methoxy groups -OCH3 is 1. The molecule has 7 nitrogen and oxygen atoms in total. The first-order valence-electron chi connectivity index (χ1n) is 11.6. The molecule has 1 atom stereocenters. The molecule has 1 aromatic heterocycles. The number of ether oxygens (including phenoxy) is 1. The predicted molar refractivity (Wildman–Crippen MR) is 137 cm³/mol. The Bertz CT molecular complexity index is 1260. The van der Waals surface area contributed by atoms with Crippen LogP contribution in [0.15, 0.2) is 60.9 Å². The van der Waals surface area contributed by atoms with Gasteiger partial charge in [0.1, 0.15) is 11.2 Å². The van der Waals surface area contributed by atoms with Gasteiger partial charge < -0.3 is 19.9 Å². The summed E-state index contributed by atoms with van der Waals surface area (Å²) in [6, 6.07) is 14.5. The van der Waals surface area contributed by atoms with Gasteiger partial charge in [-0.25, -0.2) is 0 Å². The number of pyridine rings is 1. The standard InChI is InChI=1S/C27H27ClN4O3/c1-27(19-5-7-21(35-2)8-6-19)25(33)24-22(31-12-10-29-11-13-31)14-20(28)15-23(24)32(26(27)34)17-18-4-3-9-30-16-18/h3-9,14-16,29H,10-13,17H2,1-2H3. The summed E-state index contributed by atoms with van der Waals surface area (Å²) < 4.78 is 5.30. The third kappa shape index (κ3) is 4.05. The van der Waals surface area contributed by atoms with Gasteiger partial charge in [-0.2, -0.15) is 0 Å². The Kier molecular flexibility index (Phi) is 6.21. The van der Waals surface area contributed by atoms with Crippen LogP contribution in [0.4, 0.5) is 11.4 Å². The summed E-state index contributed by atoms with van der Waals surface area (Å²) in [4.78, 5) is 36.5. The van der Waals surface area contributed by atoms with Crippen LogP contribution in [0.2, 0.25) is 5.02 Å². The molecule has 5 rings (SSSR count). The minimum atomic E-state index is -1.40. The van der Waals surface area contributed by atoms with E-state index in [9.17, 15) is 9.59 Å². The van der Waals surface area contributed by atoms with Gasteiger partial charge in [0.15, 0.2) is 5.78 Å². The number of Topliss-reactive ketones (excluding diaryl/α,β-unsaturated/α-hetero) is 1. The zero-order chi connectivity index (χ0) is 24.6. The monoisotopic (exact) mass is 490 g/mol. The molecule has 0 spiro atoms. The van der Waals surface area contributed by atoms with Crippen molar-refractivity contribution in [1.29, 1.82) is 0 Å². The van der Waals surface area contributed by atoms with Gasteiger partial charge in [-0.3, -0.25) is 14.6 Å². The zero-order valence-corrected chi connectivity index (χ0v) is 20.5. The number of nitrogens with one attached hydrogen (secondary N) is 1. The summed E-state index contributed by atoms with van der Waals surface area (Å²) >= 11 is 6.57. The van der Waals surface area contributed by atoms with Gasteiger partial charge in [0.2, 0.25) is 5.91 Å². The number of piperazine rings is 1. The third-order valence-electron chi connectivity index (χ3n) is 6.89. The van der Waals surface area contributed by atoms with E-state index in [1.807, 2.05) is 18.2 Å². The molecular formula is C27H27ClN4O3. The number of fused-ring (bicyclic) bond motifs is 1. The van der Waals surface area contributed by atoms with Crippen molar-refractivity contribution >= 4 is 34.7 Å². The number of rotatable bonds is 5. The van der Waals surface area contributed by atoms with E-state index in [0.717, 1.165) is 37.4 Å². The van der Waals surface area contributed by atoms with Crippen molar-refractivity contribution in [3.05, 3.63) is 82.6 Å². The highest BCUT2D eigenvalue weighted by atomic mass is 35.5. The highest BCUT2D eigenvalue weighted by molar-refractivity contribution is 6.34. The molecule has 0 aliphatic carbocycles. The zero-order valence-electron chi connectivity index (χ0n) is 19.8. The highest BCUT2D eigenvalue weighted by Gasteiger charge is 2.52. The highest BCUT2D eigenvalue weighted by Crippen LogP contribution is 2.46. The second-order valence-electron chi connectivity index (χ2n) is 8.99. The Morgan fingerprint density at radius 2 is 1.80 bits per heavy atom. The number of carbonyl (C=O) groups excluding carboxylic acids is 2. The smallest absolute Gasteiger partial charge is 0.245 e. The van der Waals surface area contributed by atoms with Crippen molar-refractivity contribution in [2.45, 2.75) is 18.9 Å². The minimum absolute atomic E-state index is 0.227. The van der Waals surface area contributed by atoms with Crippen LogP contribution in [0.5, 0.6) is 5.75 Å². The van der Waals surface area contributed by atoms with Gasteiger partial charge in [-0.1, -0.05) is 29.8 Å². The number of halogens is 1. The lowest BCUT2D eigenvalue weighted by Crippen LogP contribution is -2.55. The molecule has 1 saturated heterocycles. The molecule has 2 aliphatic heterocycles. The largest absolute Gasteiger partial charge is 0.497 e. The lowest BCUT2D eigenvalue weighted by molar-refractivity contribution is -0.122. The topological polar surface area (TPSA) is 74.8 Å². The number of nitrogens with zero attached hydrogens (tertiary/aromatic N) is 3. The van der Waals surface area contributed by atoms with Gasteiger partial charge in [-0.15, -0.1) is 0 Å². The van der Waals surface area contributed by atoms with Crippen molar-refractivity contribution in [3.63, 3.8) is 0 Å². The molecule has 35 heavy (non-hydrogen) atoms. The quantitative estimate of drug-likeness (QED) is 0.548. The molecule has 1 fully saturated rings. The summed E-state index contributed by atoms with van der Waals surface area (Å²) in [6.07, 6.45) is 3.43. The average Bonchev–Trinajstić information content (AvgIpc) is 2.90.